The van der Waals surface area contributed by atoms with Crippen molar-refractivity contribution in [3.8, 4) is 11.3 Å². The van der Waals surface area contributed by atoms with E-state index in [2.05, 4.69) is 10.5 Å². The molecule has 0 radical (unpaired) electrons. The van der Waals surface area contributed by atoms with E-state index in [0.717, 1.165) is 10.5 Å². The first-order valence-electron chi connectivity index (χ1n) is 8.99. The highest BCUT2D eigenvalue weighted by Crippen LogP contribution is 2.24. The molecule has 0 spiro atoms. The number of hydrogen-bond acceptors (Lipinski definition) is 4. The van der Waals surface area contributed by atoms with Gasteiger partial charge in [-0.3, -0.25) is 9.59 Å². The number of rotatable bonds is 5. The number of carbonyl (C=O) groups excluding carboxylic acids is 2. The van der Waals surface area contributed by atoms with Crippen molar-refractivity contribution in [3.63, 3.8) is 0 Å². The molecule has 6 nitrogen and oxygen atoms in total. The van der Waals surface area contributed by atoms with Crippen LogP contribution in [0.3, 0.4) is 0 Å². The standard InChI is InChI=1S/C19H20F3N3O3/c20-19(21,22)18(27)25-10-7-14(8-11-25)17(26)23-9-6-15-12-16(28-24-15)13-4-2-1-3-5-13/h1-5,12,14H,6-11H2,(H,23,26). The third-order valence-electron chi connectivity index (χ3n) is 4.69. The Hall–Kier alpha value is -2.84. The molecule has 9 heteroatoms. The Morgan fingerprint density at radius 2 is 1.86 bits per heavy atom. The molecule has 1 fully saturated rings. The van der Waals surface area contributed by atoms with Crippen LogP contribution in [0.15, 0.2) is 40.9 Å². The van der Waals surface area contributed by atoms with Gasteiger partial charge in [-0.25, -0.2) is 0 Å². The third kappa shape index (κ3) is 4.90. The zero-order valence-corrected chi connectivity index (χ0v) is 15.0. The largest absolute Gasteiger partial charge is 0.471 e. The number of likely N-dealkylation sites (tertiary alicyclic amines) is 1. The van der Waals surface area contributed by atoms with E-state index in [9.17, 15) is 22.8 Å². The molecule has 0 saturated carbocycles. The molecule has 2 aromatic rings. The van der Waals surface area contributed by atoms with Crippen molar-refractivity contribution in [1.82, 2.24) is 15.4 Å². The molecule has 1 aromatic heterocycles. The number of alkyl halides is 3. The van der Waals surface area contributed by atoms with E-state index in [1.165, 1.54) is 0 Å². The molecule has 3 rings (SSSR count). The lowest BCUT2D eigenvalue weighted by Crippen LogP contribution is -2.47. The highest BCUT2D eigenvalue weighted by molar-refractivity contribution is 5.83. The molecule has 1 N–H and O–H groups in total. The molecule has 0 aliphatic carbocycles. The minimum Gasteiger partial charge on any atom is -0.356 e. The smallest absolute Gasteiger partial charge is 0.356 e. The second-order valence-electron chi connectivity index (χ2n) is 6.65. The van der Waals surface area contributed by atoms with Crippen LogP contribution in [0.1, 0.15) is 18.5 Å². The summed E-state index contributed by atoms with van der Waals surface area (Å²) in [5.41, 5.74) is 1.61. The maximum atomic E-state index is 12.4. The summed E-state index contributed by atoms with van der Waals surface area (Å²) in [6.07, 6.45) is -3.95. The van der Waals surface area contributed by atoms with Crippen LogP contribution in [-0.4, -0.2) is 47.7 Å². The molecule has 1 aliphatic rings. The number of hydrogen-bond donors (Lipinski definition) is 1. The van der Waals surface area contributed by atoms with Gasteiger partial charge >= 0.3 is 12.1 Å². The van der Waals surface area contributed by atoms with Crippen LogP contribution in [0.4, 0.5) is 13.2 Å². The van der Waals surface area contributed by atoms with Crippen molar-refractivity contribution < 1.29 is 27.3 Å². The van der Waals surface area contributed by atoms with E-state index in [0.29, 0.717) is 24.4 Å². The number of aromatic nitrogens is 1. The van der Waals surface area contributed by atoms with Crippen molar-refractivity contribution in [2.24, 2.45) is 5.92 Å². The summed E-state index contributed by atoms with van der Waals surface area (Å²) in [7, 11) is 0. The molecule has 0 bridgehead atoms. The molecule has 1 aliphatic heterocycles. The summed E-state index contributed by atoms with van der Waals surface area (Å²) >= 11 is 0. The lowest BCUT2D eigenvalue weighted by atomic mass is 9.96. The topological polar surface area (TPSA) is 75.4 Å². The SMILES string of the molecule is O=C(NCCc1cc(-c2ccccc2)on1)C1CCN(C(=O)C(F)(F)F)CC1. The van der Waals surface area contributed by atoms with Crippen LogP contribution in [0.2, 0.25) is 0 Å². The first-order valence-corrected chi connectivity index (χ1v) is 8.99. The highest BCUT2D eigenvalue weighted by atomic mass is 19.4. The lowest BCUT2D eigenvalue weighted by Gasteiger charge is -2.31. The Bertz CT molecular complexity index is 813. The molecule has 2 amide bonds. The fourth-order valence-electron chi connectivity index (χ4n) is 3.15. The molecule has 28 heavy (non-hydrogen) atoms. The molecular formula is C19H20F3N3O3. The average molecular weight is 395 g/mol. The van der Waals surface area contributed by atoms with Crippen LogP contribution in [0.5, 0.6) is 0 Å². The molecule has 0 atom stereocenters. The maximum Gasteiger partial charge on any atom is 0.471 e. The van der Waals surface area contributed by atoms with E-state index in [-0.39, 0.29) is 31.8 Å². The molecule has 1 saturated heterocycles. The summed E-state index contributed by atoms with van der Waals surface area (Å²) in [4.78, 5) is 24.2. The Balaban J connectivity index is 1.42. The first-order chi connectivity index (χ1) is 13.3. The molecule has 2 heterocycles. The number of carbonyl (C=O) groups is 2. The number of piperidine rings is 1. The van der Waals surface area contributed by atoms with Gasteiger partial charge in [0.1, 0.15) is 0 Å². The fourth-order valence-corrected chi connectivity index (χ4v) is 3.15. The number of halogens is 3. The van der Waals surface area contributed by atoms with E-state index in [1.807, 2.05) is 36.4 Å². The van der Waals surface area contributed by atoms with Gasteiger partial charge in [-0.2, -0.15) is 13.2 Å². The summed E-state index contributed by atoms with van der Waals surface area (Å²) in [6, 6.07) is 11.3. The molecule has 0 unspecified atom stereocenters. The van der Waals surface area contributed by atoms with Crippen molar-refractivity contribution in [2.45, 2.75) is 25.4 Å². The highest BCUT2D eigenvalue weighted by Gasteiger charge is 2.43. The van der Waals surface area contributed by atoms with Crippen LogP contribution in [0.25, 0.3) is 11.3 Å². The average Bonchev–Trinajstić information content (AvgIpc) is 3.16. The van der Waals surface area contributed by atoms with Gasteiger partial charge < -0.3 is 14.7 Å². The van der Waals surface area contributed by atoms with Crippen LogP contribution in [-0.2, 0) is 16.0 Å². The Kier molecular flexibility index (Phi) is 6.01. The predicted molar refractivity (Wildman–Crippen MR) is 94.0 cm³/mol. The van der Waals surface area contributed by atoms with E-state index >= 15 is 0 Å². The number of nitrogens with one attached hydrogen (secondary N) is 1. The van der Waals surface area contributed by atoms with Crippen molar-refractivity contribution in [1.29, 1.82) is 0 Å². The zero-order chi connectivity index (χ0) is 20.1. The van der Waals surface area contributed by atoms with Crippen molar-refractivity contribution in [3.05, 3.63) is 42.1 Å². The van der Waals surface area contributed by atoms with Crippen LogP contribution in [0, 0.1) is 5.92 Å². The number of benzene rings is 1. The summed E-state index contributed by atoms with van der Waals surface area (Å²) in [5.74, 6) is -1.81. The van der Waals surface area contributed by atoms with Crippen molar-refractivity contribution >= 4 is 11.8 Å². The fraction of sp³-hybridized carbons (Fsp3) is 0.421. The van der Waals surface area contributed by atoms with Crippen molar-refractivity contribution in [2.75, 3.05) is 19.6 Å². The second-order valence-corrected chi connectivity index (χ2v) is 6.65. The molecule has 150 valence electrons. The predicted octanol–water partition coefficient (Wildman–Crippen LogP) is 2.80. The lowest BCUT2D eigenvalue weighted by molar-refractivity contribution is -0.186. The second kappa shape index (κ2) is 8.45. The maximum absolute atomic E-state index is 12.4. The van der Waals surface area contributed by atoms with Gasteiger partial charge in [-0.05, 0) is 12.8 Å². The van der Waals surface area contributed by atoms with Gasteiger partial charge in [0, 0.05) is 43.6 Å². The molecule has 1 aromatic carbocycles. The Morgan fingerprint density at radius 1 is 1.18 bits per heavy atom. The summed E-state index contributed by atoms with van der Waals surface area (Å²) in [6.45, 7) is 0.210. The van der Waals surface area contributed by atoms with Gasteiger partial charge in [0.2, 0.25) is 5.91 Å². The third-order valence-corrected chi connectivity index (χ3v) is 4.69. The first kappa shape index (κ1) is 19.9. The van der Waals surface area contributed by atoms with E-state index < -0.39 is 18.0 Å². The van der Waals surface area contributed by atoms with Gasteiger partial charge in [0.25, 0.3) is 0 Å². The summed E-state index contributed by atoms with van der Waals surface area (Å²) < 4.78 is 42.6. The summed E-state index contributed by atoms with van der Waals surface area (Å²) in [5, 5.41) is 6.76. The van der Waals surface area contributed by atoms with E-state index in [4.69, 9.17) is 4.52 Å². The van der Waals surface area contributed by atoms with Gasteiger partial charge in [0.15, 0.2) is 5.76 Å². The minimum atomic E-state index is -4.87. The Labute approximate surface area is 159 Å². The molecular weight excluding hydrogens is 375 g/mol. The van der Waals surface area contributed by atoms with Crippen LogP contribution < -0.4 is 5.32 Å². The van der Waals surface area contributed by atoms with Gasteiger partial charge in [-0.15, -0.1) is 0 Å². The quantitative estimate of drug-likeness (QED) is 0.845. The van der Waals surface area contributed by atoms with E-state index in [1.54, 1.807) is 0 Å². The van der Waals surface area contributed by atoms with Gasteiger partial charge in [0.05, 0.1) is 5.69 Å². The minimum absolute atomic E-state index is 0.0693. The normalized spacial score (nSPS) is 15.5. The Morgan fingerprint density at radius 3 is 2.50 bits per heavy atom. The van der Waals surface area contributed by atoms with Crippen LogP contribution >= 0.6 is 0 Å². The zero-order valence-electron chi connectivity index (χ0n) is 15.0. The number of nitrogens with zero attached hydrogens (tertiary/aromatic N) is 2. The monoisotopic (exact) mass is 395 g/mol. The van der Waals surface area contributed by atoms with Gasteiger partial charge in [-0.1, -0.05) is 35.5 Å². The number of amides is 2.